The standard InChI is InChI=1S/C79H126N24O15S/c1-7-47(4)65(77(118)98-56(32-22-37-90-79(87)88)71(112)101-59(68(109)91-44-63(84)105)41-50-25-13-9-14-26-50)103-73(114)54(30-18-20-35-81)95-72(113)57(33-38-119-6)94-64(106)45-92-66(107)48(5)93-69(110)53(29-17-19-34-80)96-74(115)58(39-46(2)3)100-70(111)55(31-21-36-89-78(85)86)97-75(116)60(42-51-27-15-10-16-28-51)102-76(117)61(43-62(83)104)99-67(108)52(82)40-49-23-11-8-12-24-49/h8-16,23-28,46-48,52-61,65H,7,17-22,29-45,80-82H2,1-6H3,(H2,83,104)(H2,84,105)(H,91,109)(H,92,107)(H,93,110)(H,94,106)(H,95,113)(H,96,115)(H,97,116)(H,98,118)(H,99,108)(H,100,111)(H,101,112)(H,102,117)(H,103,114)(H4,85,86,89)(H4,87,88,90)/t47-,48-,52-,53-,54-,55-,56-,57-,58-,59-,60-,61-,65-/m0/s1. The number of amides is 15. The average Bonchev–Trinajstić information content (AvgIpc) is 0.843. The first kappa shape index (κ1) is 102. The van der Waals surface area contributed by atoms with E-state index in [1.54, 1.807) is 125 Å². The van der Waals surface area contributed by atoms with E-state index in [9.17, 15) is 71.9 Å². The van der Waals surface area contributed by atoms with Crippen LogP contribution in [-0.2, 0) is 91.2 Å². The molecule has 0 spiro atoms. The molecule has 3 aromatic carbocycles. The monoisotopic (exact) mass is 1680 g/mol. The molecule has 0 bridgehead atoms. The molecule has 0 aromatic heterocycles. The molecule has 0 unspecified atom stereocenters. The van der Waals surface area contributed by atoms with Crippen molar-refractivity contribution in [2.75, 3.05) is 51.3 Å². The minimum absolute atomic E-state index is 0.00965. The van der Waals surface area contributed by atoms with Crippen molar-refractivity contribution in [3.05, 3.63) is 108 Å². The van der Waals surface area contributed by atoms with Crippen LogP contribution >= 0.6 is 11.8 Å². The highest BCUT2D eigenvalue weighted by atomic mass is 32.2. The third-order valence-electron chi connectivity index (χ3n) is 18.9. The van der Waals surface area contributed by atoms with Crippen LogP contribution in [0.3, 0.4) is 0 Å². The van der Waals surface area contributed by atoms with E-state index >= 15 is 0 Å². The maximum atomic E-state index is 14.7. The summed E-state index contributed by atoms with van der Waals surface area (Å²) in [6, 6.07) is 9.64. The number of unbranched alkanes of at least 4 members (excludes halogenated alkanes) is 2. The van der Waals surface area contributed by atoms with Crippen molar-refractivity contribution < 1.29 is 71.9 Å². The van der Waals surface area contributed by atoms with Crippen molar-refractivity contribution in [3.8, 4) is 0 Å². The largest absolute Gasteiger partial charge is 0.370 e. The van der Waals surface area contributed by atoms with Crippen LogP contribution in [0.15, 0.2) is 91.0 Å². The Morgan fingerprint density at radius 1 is 0.378 bits per heavy atom. The van der Waals surface area contributed by atoms with Gasteiger partial charge in [0.15, 0.2) is 11.9 Å². The maximum absolute atomic E-state index is 14.7. The molecule has 13 atom stereocenters. The van der Waals surface area contributed by atoms with Crippen LogP contribution < -0.4 is 120 Å². The number of benzene rings is 3. The molecule has 0 aliphatic rings. The second-order valence-corrected chi connectivity index (χ2v) is 30.4. The molecule has 658 valence electrons. The van der Waals surface area contributed by atoms with Crippen LogP contribution in [0.5, 0.6) is 0 Å². The predicted octanol–water partition coefficient (Wildman–Crippen LogP) is -4.38. The third-order valence-corrected chi connectivity index (χ3v) is 19.6. The molecule has 0 aliphatic heterocycles. The first-order chi connectivity index (χ1) is 56.6. The molecular weight excluding hydrogens is 1560 g/mol. The third kappa shape index (κ3) is 40.9. The number of thioether (sulfide) groups is 1. The molecular formula is C79H126N24O15S. The van der Waals surface area contributed by atoms with Gasteiger partial charge < -0.3 is 120 Å². The quantitative estimate of drug-likeness (QED) is 0.0144. The van der Waals surface area contributed by atoms with Crippen molar-refractivity contribution in [1.82, 2.24) is 79.8 Å². The van der Waals surface area contributed by atoms with E-state index in [2.05, 4.69) is 79.8 Å². The van der Waals surface area contributed by atoms with Crippen molar-refractivity contribution in [2.24, 2.45) is 52.0 Å². The molecule has 0 radical (unpaired) electrons. The Balaban J connectivity index is 1.85. The van der Waals surface area contributed by atoms with Gasteiger partial charge in [-0.3, -0.25) is 82.7 Å². The predicted molar refractivity (Wildman–Crippen MR) is 450 cm³/mol. The van der Waals surface area contributed by atoms with Gasteiger partial charge in [0.05, 0.1) is 25.6 Å². The maximum Gasteiger partial charge on any atom is 0.243 e. The van der Waals surface area contributed by atoms with E-state index in [4.69, 9.17) is 51.0 Å². The van der Waals surface area contributed by atoms with Crippen LogP contribution in [0, 0.1) is 22.7 Å². The van der Waals surface area contributed by atoms with Gasteiger partial charge in [-0.25, -0.2) is 0 Å². The Morgan fingerprint density at radius 3 is 1.18 bits per heavy atom. The summed E-state index contributed by atoms with van der Waals surface area (Å²) in [4.78, 5) is 208. The van der Waals surface area contributed by atoms with Crippen molar-refractivity contribution >= 4 is 112 Å². The van der Waals surface area contributed by atoms with Gasteiger partial charge in [-0.1, -0.05) is 125 Å². The molecule has 39 nitrogen and oxygen atoms in total. The van der Waals surface area contributed by atoms with Gasteiger partial charge in [0.25, 0.3) is 0 Å². The van der Waals surface area contributed by atoms with Crippen LogP contribution in [0.2, 0.25) is 0 Å². The van der Waals surface area contributed by atoms with Gasteiger partial charge in [0.1, 0.15) is 66.5 Å². The Labute approximate surface area is 698 Å². The van der Waals surface area contributed by atoms with Crippen molar-refractivity contribution in [1.29, 1.82) is 10.8 Å². The fourth-order valence-electron chi connectivity index (χ4n) is 12.2. The Kier molecular flexibility index (Phi) is 47.8. The summed E-state index contributed by atoms with van der Waals surface area (Å²) in [6.07, 6.45) is 2.87. The molecule has 31 N–H and O–H groups in total. The van der Waals surface area contributed by atoms with Gasteiger partial charge in [0, 0.05) is 25.9 Å². The average molecular weight is 1680 g/mol. The second kappa shape index (κ2) is 56.0. The zero-order valence-electron chi connectivity index (χ0n) is 68.8. The van der Waals surface area contributed by atoms with E-state index in [0.29, 0.717) is 49.0 Å². The van der Waals surface area contributed by atoms with Gasteiger partial charge in [0.2, 0.25) is 88.6 Å². The van der Waals surface area contributed by atoms with Crippen molar-refractivity contribution in [2.45, 2.75) is 216 Å². The molecule has 0 saturated carbocycles. The number of nitrogens with one attached hydrogen (secondary N) is 17. The molecule has 3 aromatic rings. The van der Waals surface area contributed by atoms with E-state index in [1.165, 1.54) is 18.7 Å². The SMILES string of the molecule is CC[C@H](C)[C@H](NC(=O)[C@H](CCCCN)NC(=O)[C@H](CCSC)NC(=O)CNC(=O)[C@H](C)NC(=O)[C@H](CCCCN)NC(=O)[C@H](CC(C)C)NC(=O)[C@H](CCCNC(=N)N)NC(=O)[C@H](Cc1ccccc1)NC(=O)[C@H](CC(N)=O)NC(=O)[C@@H](N)Cc1ccccc1)C(=O)N[C@@H](CCCNC(=N)N)C(=O)N[C@@H](Cc1ccccc1)C(=O)NCC(N)=O. The molecule has 40 heteroatoms. The van der Waals surface area contributed by atoms with Crippen molar-refractivity contribution in [3.63, 3.8) is 0 Å². The number of hydrogen-bond acceptors (Lipinski definition) is 21. The zero-order valence-corrected chi connectivity index (χ0v) is 69.6. The number of nitrogens with two attached hydrogens (primary N) is 7. The summed E-state index contributed by atoms with van der Waals surface area (Å²) >= 11 is 1.34. The fourth-order valence-corrected chi connectivity index (χ4v) is 12.7. The van der Waals surface area contributed by atoms with Gasteiger partial charge in [-0.2, -0.15) is 11.8 Å². The molecule has 0 aliphatic carbocycles. The fraction of sp³-hybridized carbons (Fsp3) is 0.557. The number of carbonyl (C=O) groups is 15. The second-order valence-electron chi connectivity index (χ2n) is 29.4. The number of carbonyl (C=O) groups excluding carboxylic acids is 15. The topological polar surface area (TPSA) is 666 Å². The summed E-state index contributed by atoms with van der Waals surface area (Å²) in [6.45, 7) is 7.66. The normalized spacial score (nSPS) is 14.3. The summed E-state index contributed by atoms with van der Waals surface area (Å²) in [5, 5.41) is 54.7. The highest BCUT2D eigenvalue weighted by Crippen LogP contribution is 2.16. The molecule has 119 heavy (non-hydrogen) atoms. The number of hydrogen-bond donors (Lipinski definition) is 24. The lowest BCUT2D eigenvalue weighted by atomic mass is 9.96. The summed E-state index contributed by atoms with van der Waals surface area (Å²) in [5.41, 5.74) is 41.7. The number of primary amides is 2. The highest BCUT2D eigenvalue weighted by molar-refractivity contribution is 7.98. The lowest BCUT2D eigenvalue weighted by Crippen LogP contribution is -2.61. The van der Waals surface area contributed by atoms with E-state index in [-0.39, 0.29) is 115 Å². The lowest BCUT2D eigenvalue weighted by Gasteiger charge is -2.29. The van der Waals surface area contributed by atoms with E-state index < -0.39 is 187 Å². The van der Waals surface area contributed by atoms with Crippen LogP contribution in [0.25, 0.3) is 0 Å². The van der Waals surface area contributed by atoms with E-state index in [1.807, 2.05) is 0 Å². The molecule has 0 fully saturated rings. The lowest BCUT2D eigenvalue weighted by molar-refractivity contribution is -0.136. The smallest absolute Gasteiger partial charge is 0.243 e. The Morgan fingerprint density at radius 2 is 0.748 bits per heavy atom. The first-order valence-electron chi connectivity index (χ1n) is 40.0. The van der Waals surface area contributed by atoms with Gasteiger partial charge in [-0.15, -0.1) is 0 Å². The molecule has 3 rings (SSSR count). The van der Waals surface area contributed by atoms with Crippen LogP contribution in [0.4, 0.5) is 0 Å². The number of guanidine groups is 2. The Hall–Kier alpha value is -11.5. The Bertz CT molecular complexity index is 3800. The van der Waals surface area contributed by atoms with Gasteiger partial charge >= 0.3 is 0 Å². The summed E-state index contributed by atoms with van der Waals surface area (Å²) in [7, 11) is 0. The zero-order chi connectivity index (χ0) is 88.5. The van der Waals surface area contributed by atoms with E-state index in [0.717, 1.165) is 5.56 Å². The van der Waals surface area contributed by atoms with Crippen LogP contribution in [0.1, 0.15) is 141 Å². The summed E-state index contributed by atoms with van der Waals surface area (Å²) in [5.74, 6) is -13.9. The first-order valence-corrected chi connectivity index (χ1v) is 41.4. The van der Waals surface area contributed by atoms with Crippen LogP contribution in [-0.4, -0.2) is 224 Å². The van der Waals surface area contributed by atoms with Gasteiger partial charge in [-0.05, 0) is 144 Å². The molecule has 0 saturated heterocycles. The molecule has 0 heterocycles. The number of rotatable bonds is 58. The highest BCUT2D eigenvalue weighted by Gasteiger charge is 2.38. The minimum Gasteiger partial charge on any atom is -0.370 e. The summed E-state index contributed by atoms with van der Waals surface area (Å²) < 4.78 is 0. The molecule has 15 amide bonds. The minimum atomic E-state index is -1.60.